The van der Waals surface area contributed by atoms with Crippen LogP contribution >= 0.6 is 0 Å². The number of cyclic esters (lactones) is 1. The summed E-state index contributed by atoms with van der Waals surface area (Å²) in [5.74, 6) is -3.46. The van der Waals surface area contributed by atoms with Gasteiger partial charge in [0.15, 0.2) is 0 Å². The van der Waals surface area contributed by atoms with Gasteiger partial charge in [-0.2, -0.15) is 0 Å². The molecule has 0 aromatic heterocycles. The van der Waals surface area contributed by atoms with Crippen molar-refractivity contribution in [3.8, 4) is 0 Å². The highest BCUT2D eigenvalue weighted by Crippen LogP contribution is 2.31. The summed E-state index contributed by atoms with van der Waals surface area (Å²) in [5, 5.41) is 32.1. The minimum absolute atomic E-state index is 0.0568. The monoisotopic (exact) mass is 400 g/mol. The summed E-state index contributed by atoms with van der Waals surface area (Å²) in [6.45, 7) is 12.5. The van der Waals surface area contributed by atoms with Gasteiger partial charge in [-0.15, -0.1) is 0 Å². The van der Waals surface area contributed by atoms with Crippen molar-refractivity contribution in [2.45, 2.75) is 92.1 Å². The molecule has 1 saturated heterocycles. The molecule has 0 radical (unpaired) electrons. The van der Waals surface area contributed by atoms with E-state index in [-0.39, 0.29) is 17.6 Å². The smallest absolute Gasteiger partial charge is 0.311 e. The highest BCUT2D eigenvalue weighted by molar-refractivity contribution is 5.83. The van der Waals surface area contributed by atoms with Crippen molar-refractivity contribution in [3.05, 3.63) is 0 Å². The van der Waals surface area contributed by atoms with Crippen molar-refractivity contribution in [3.63, 3.8) is 0 Å². The van der Waals surface area contributed by atoms with Crippen LogP contribution in [0, 0.1) is 35.5 Å². The predicted octanol–water partition coefficient (Wildman–Crippen LogP) is 2.57. The Morgan fingerprint density at radius 2 is 1.39 bits per heavy atom. The van der Waals surface area contributed by atoms with Crippen molar-refractivity contribution in [2.24, 2.45) is 35.5 Å². The molecule has 6 nitrogen and oxygen atoms in total. The van der Waals surface area contributed by atoms with Gasteiger partial charge in [0.05, 0.1) is 24.2 Å². The number of aliphatic hydroxyl groups excluding tert-OH is 3. The van der Waals surface area contributed by atoms with Crippen LogP contribution in [0.3, 0.4) is 0 Å². The van der Waals surface area contributed by atoms with Gasteiger partial charge in [0.2, 0.25) is 0 Å². The number of Topliss-reactive ketones (excluding diaryl/α,β-unsaturated/α-hetero) is 1. The Hall–Kier alpha value is -0.980. The van der Waals surface area contributed by atoms with Crippen LogP contribution < -0.4 is 0 Å². The van der Waals surface area contributed by atoms with Gasteiger partial charge in [0, 0.05) is 23.7 Å². The molecule has 3 N–H and O–H groups in total. The molecule has 6 heteroatoms. The molecule has 1 heterocycles. The van der Waals surface area contributed by atoms with Gasteiger partial charge in [-0.1, -0.05) is 48.0 Å². The van der Waals surface area contributed by atoms with Crippen LogP contribution in [0.2, 0.25) is 0 Å². The maximum Gasteiger partial charge on any atom is 0.311 e. The molecule has 10 atom stereocenters. The Balaban J connectivity index is 3.25. The van der Waals surface area contributed by atoms with E-state index in [4.69, 9.17) is 4.74 Å². The fraction of sp³-hybridized carbons (Fsp3) is 0.909. The Morgan fingerprint density at radius 3 is 1.93 bits per heavy atom. The second-order valence-electron chi connectivity index (χ2n) is 9.05. The molecule has 0 aromatic carbocycles. The van der Waals surface area contributed by atoms with Crippen LogP contribution in [0.15, 0.2) is 0 Å². The zero-order valence-corrected chi connectivity index (χ0v) is 18.5. The van der Waals surface area contributed by atoms with E-state index in [9.17, 15) is 24.9 Å². The van der Waals surface area contributed by atoms with E-state index in [2.05, 4.69) is 0 Å². The van der Waals surface area contributed by atoms with Gasteiger partial charge in [0.1, 0.15) is 11.9 Å². The quantitative estimate of drug-likeness (QED) is 0.616. The van der Waals surface area contributed by atoms with Crippen LogP contribution in [0.25, 0.3) is 0 Å². The number of rotatable bonds is 2. The SMILES string of the molecule is CCCC1OC(=O)C(C)C(O)C(C)C(O)C(C)CC(C)C(=O)C(C)C(O)C1C. The third-order valence-corrected chi connectivity index (χ3v) is 6.68. The molecule has 0 aromatic rings. The largest absolute Gasteiger partial charge is 0.462 e. The topological polar surface area (TPSA) is 104 Å². The summed E-state index contributed by atoms with van der Waals surface area (Å²) in [5.41, 5.74) is 0. The molecule has 1 rings (SSSR count). The number of ether oxygens (including phenoxy) is 1. The van der Waals surface area contributed by atoms with Crippen molar-refractivity contribution >= 4 is 11.8 Å². The Bertz CT molecular complexity index is 521. The average molecular weight is 401 g/mol. The number of hydrogen-bond acceptors (Lipinski definition) is 6. The first-order chi connectivity index (χ1) is 12.9. The highest BCUT2D eigenvalue weighted by atomic mass is 16.5. The number of aliphatic hydroxyl groups is 3. The van der Waals surface area contributed by atoms with Gasteiger partial charge < -0.3 is 20.1 Å². The summed E-state index contributed by atoms with van der Waals surface area (Å²) in [6, 6.07) is 0. The first kappa shape index (κ1) is 25.1. The molecule has 0 saturated carbocycles. The molecular weight excluding hydrogens is 360 g/mol. The summed E-state index contributed by atoms with van der Waals surface area (Å²) >= 11 is 0. The maximum atomic E-state index is 12.9. The maximum absolute atomic E-state index is 12.9. The lowest BCUT2D eigenvalue weighted by molar-refractivity contribution is -0.166. The lowest BCUT2D eigenvalue weighted by Gasteiger charge is -2.36. The molecule has 1 aliphatic rings. The van der Waals surface area contributed by atoms with Gasteiger partial charge in [0.25, 0.3) is 0 Å². The second-order valence-corrected chi connectivity index (χ2v) is 9.05. The zero-order valence-electron chi connectivity index (χ0n) is 18.5. The van der Waals surface area contributed by atoms with Crippen LogP contribution in [-0.4, -0.2) is 51.5 Å². The number of hydrogen-bond donors (Lipinski definition) is 3. The van der Waals surface area contributed by atoms with E-state index in [1.54, 1.807) is 27.7 Å². The lowest BCUT2D eigenvalue weighted by Crippen LogP contribution is -2.45. The average Bonchev–Trinajstić information content (AvgIpc) is 2.67. The molecule has 1 aliphatic heterocycles. The molecule has 1 fully saturated rings. The van der Waals surface area contributed by atoms with E-state index >= 15 is 0 Å². The number of carbonyl (C=O) groups is 2. The van der Waals surface area contributed by atoms with E-state index in [0.717, 1.165) is 6.42 Å². The van der Waals surface area contributed by atoms with Crippen molar-refractivity contribution in [1.29, 1.82) is 0 Å². The van der Waals surface area contributed by atoms with Gasteiger partial charge in [-0.3, -0.25) is 9.59 Å². The lowest BCUT2D eigenvalue weighted by atomic mass is 9.77. The van der Waals surface area contributed by atoms with E-state index in [0.29, 0.717) is 12.8 Å². The van der Waals surface area contributed by atoms with Gasteiger partial charge in [-0.25, -0.2) is 0 Å². The first-order valence-electron chi connectivity index (χ1n) is 10.7. The molecule has 10 unspecified atom stereocenters. The molecule has 164 valence electrons. The molecule has 0 amide bonds. The van der Waals surface area contributed by atoms with E-state index < -0.39 is 54.1 Å². The van der Waals surface area contributed by atoms with Crippen LogP contribution in [0.4, 0.5) is 0 Å². The summed E-state index contributed by atoms with van der Waals surface area (Å²) in [7, 11) is 0. The van der Waals surface area contributed by atoms with Crippen LogP contribution in [0.1, 0.15) is 67.7 Å². The third-order valence-electron chi connectivity index (χ3n) is 6.68. The van der Waals surface area contributed by atoms with Crippen molar-refractivity contribution in [1.82, 2.24) is 0 Å². The van der Waals surface area contributed by atoms with E-state index in [1.165, 1.54) is 0 Å². The molecular formula is C22H40O6. The standard InChI is InChI=1S/C22H40O6/c1-8-9-17-13(4)20(25)14(5)18(23)11(2)10-12(3)19(24)15(6)21(26)16(7)22(27)28-17/h11-17,19-21,24-26H,8-10H2,1-7H3. The Labute approximate surface area is 169 Å². The van der Waals surface area contributed by atoms with Crippen LogP contribution in [-0.2, 0) is 14.3 Å². The fourth-order valence-corrected chi connectivity index (χ4v) is 4.39. The third kappa shape index (κ3) is 5.77. The van der Waals surface area contributed by atoms with Gasteiger partial charge in [-0.05, 0) is 25.7 Å². The molecule has 0 bridgehead atoms. The number of esters is 1. The minimum Gasteiger partial charge on any atom is -0.462 e. The predicted molar refractivity (Wildman–Crippen MR) is 107 cm³/mol. The number of carbonyl (C=O) groups excluding carboxylic acids is 2. The van der Waals surface area contributed by atoms with Crippen molar-refractivity contribution < 1.29 is 29.6 Å². The van der Waals surface area contributed by atoms with E-state index in [1.807, 2.05) is 20.8 Å². The highest BCUT2D eigenvalue weighted by Gasteiger charge is 2.40. The summed E-state index contributed by atoms with van der Waals surface area (Å²) < 4.78 is 5.67. The molecule has 0 spiro atoms. The normalized spacial score (nSPS) is 44.6. The second kappa shape index (κ2) is 10.7. The first-order valence-corrected chi connectivity index (χ1v) is 10.7. The molecule has 0 aliphatic carbocycles. The number of ketones is 1. The molecule has 28 heavy (non-hydrogen) atoms. The zero-order chi connectivity index (χ0) is 21.8. The minimum atomic E-state index is -1.06. The Morgan fingerprint density at radius 1 is 0.857 bits per heavy atom. The fourth-order valence-electron chi connectivity index (χ4n) is 4.39. The van der Waals surface area contributed by atoms with Gasteiger partial charge >= 0.3 is 5.97 Å². The van der Waals surface area contributed by atoms with Crippen LogP contribution in [0.5, 0.6) is 0 Å². The summed E-state index contributed by atoms with van der Waals surface area (Å²) in [6.07, 6.45) is -1.58. The van der Waals surface area contributed by atoms with Crippen molar-refractivity contribution in [2.75, 3.05) is 0 Å². The summed E-state index contributed by atoms with van der Waals surface area (Å²) in [4.78, 5) is 25.5. The Kier molecular flexibility index (Phi) is 9.57.